The van der Waals surface area contributed by atoms with Gasteiger partial charge in [-0.1, -0.05) is 26.7 Å². The summed E-state index contributed by atoms with van der Waals surface area (Å²) in [6, 6.07) is 1.89. The Bertz CT molecular complexity index is 173. The molecule has 0 aliphatic rings. The lowest BCUT2D eigenvalue weighted by Gasteiger charge is -2.20. The maximum Gasteiger partial charge on any atom is 0.201 e. The molecule has 0 aromatic heterocycles. The Morgan fingerprint density at radius 1 is 1.23 bits per heavy atom. The van der Waals surface area contributed by atoms with Crippen molar-refractivity contribution < 1.29 is 0 Å². The molecule has 0 amide bonds. The van der Waals surface area contributed by atoms with Crippen molar-refractivity contribution in [1.29, 1.82) is 10.7 Å². The molecule has 0 atom stereocenters. The molecule has 0 saturated heterocycles. The van der Waals surface area contributed by atoms with E-state index < -0.39 is 0 Å². The predicted octanol–water partition coefficient (Wildman–Crippen LogP) is 2.39. The number of amidine groups is 1. The lowest BCUT2D eigenvalue weighted by Crippen LogP contribution is -2.31. The second kappa shape index (κ2) is 7.60. The Kier molecular flexibility index (Phi) is 6.99. The third-order valence-corrected chi connectivity index (χ3v) is 1.99. The van der Waals surface area contributed by atoms with Crippen LogP contribution in [0.5, 0.6) is 0 Å². The molecule has 13 heavy (non-hydrogen) atoms. The Hall–Kier alpha value is -1.04. The van der Waals surface area contributed by atoms with Crippen LogP contribution in [0, 0.1) is 16.7 Å². The van der Waals surface area contributed by atoms with Crippen LogP contribution in [-0.2, 0) is 0 Å². The van der Waals surface area contributed by atoms with E-state index in [1.54, 1.807) is 0 Å². The summed E-state index contributed by atoms with van der Waals surface area (Å²) in [6.45, 7) is 5.94. The molecule has 0 unspecified atom stereocenters. The zero-order valence-electron chi connectivity index (χ0n) is 8.64. The molecule has 0 spiro atoms. The van der Waals surface area contributed by atoms with E-state index in [1.807, 2.05) is 11.0 Å². The molecule has 1 N–H and O–H groups in total. The molecule has 0 saturated carbocycles. The van der Waals surface area contributed by atoms with Gasteiger partial charge in [0, 0.05) is 13.1 Å². The highest BCUT2D eigenvalue weighted by atomic mass is 15.2. The van der Waals surface area contributed by atoms with Crippen molar-refractivity contribution in [1.82, 2.24) is 4.90 Å². The Labute approximate surface area is 80.9 Å². The smallest absolute Gasteiger partial charge is 0.201 e. The fourth-order valence-electron chi connectivity index (χ4n) is 1.10. The van der Waals surface area contributed by atoms with Crippen LogP contribution < -0.4 is 0 Å². The minimum absolute atomic E-state index is 0.113. The van der Waals surface area contributed by atoms with Crippen molar-refractivity contribution in [3.8, 4) is 6.07 Å². The zero-order valence-corrected chi connectivity index (χ0v) is 8.64. The van der Waals surface area contributed by atoms with Crippen LogP contribution in [0.25, 0.3) is 0 Å². The van der Waals surface area contributed by atoms with Crippen LogP contribution in [0.1, 0.15) is 39.5 Å². The third kappa shape index (κ3) is 5.24. The van der Waals surface area contributed by atoms with Crippen molar-refractivity contribution in [2.24, 2.45) is 0 Å². The summed E-state index contributed by atoms with van der Waals surface area (Å²) < 4.78 is 0. The fraction of sp³-hybridized carbons (Fsp3) is 0.800. The van der Waals surface area contributed by atoms with Crippen LogP contribution in [-0.4, -0.2) is 23.8 Å². The van der Waals surface area contributed by atoms with Gasteiger partial charge in [-0.25, -0.2) is 0 Å². The number of unbranched alkanes of at least 4 members (excludes halogenated alkanes) is 2. The van der Waals surface area contributed by atoms with Gasteiger partial charge in [-0.05, 0) is 12.8 Å². The zero-order chi connectivity index (χ0) is 10.1. The molecule has 0 rings (SSSR count). The molecule has 3 heteroatoms. The molecule has 74 valence electrons. The second-order valence-corrected chi connectivity index (χ2v) is 3.15. The number of nitriles is 1. The average Bonchev–Trinajstić information content (AvgIpc) is 2.17. The van der Waals surface area contributed by atoms with E-state index in [0.29, 0.717) is 0 Å². The van der Waals surface area contributed by atoms with Gasteiger partial charge >= 0.3 is 0 Å². The summed E-state index contributed by atoms with van der Waals surface area (Å²) >= 11 is 0. The fourth-order valence-corrected chi connectivity index (χ4v) is 1.10. The van der Waals surface area contributed by atoms with Gasteiger partial charge in [0.2, 0.25) is 5.84 Å². The molecule has 0 aromatic rings. The summed E-state index contributed by atoms with van der Waals surface area (Å²) in [5.41, 5.74) is 0. The van der Waals surface area contributed by atoms with Crippen LogP contribution in [0.15, 0.2) is 0 Å². The van der Waals surface area contributed by atoms with Gasteiger partial charge in [0.1, 0.15) is 6.07 Å². The lowest BCUT2D eigenvalue weighted by atomic mass is 10.2. The van der Waals surface area contributed by atoms with Crippen molar-refractivity contribution in [2.45, 2.75) is 39.5 Å². The van der Waals surface area contributed by atoms with Gasteiger partial charge < -0.3 is 4.90 Å². The van der Waals surface area contributed by atoms with E-state index in [-0.39, 0.29) is 5.84 Å². The molecule has 0 bridgehead atoms. The molecule has 0 aliphatic heterocycles. The monoisotopic (exact) mass is 181 g/mol. The van der Waals surface area contributed by atoms with Gasteiger partial charge in [-0.15, -0.1) is 0 Å². The molecule has 0 aromatic carbocycles. The molecule has 3 nitrogen and oxygen atoms in total. The predicted molar refractivity (Wildman–Crippen MR) is 54.7 cm³/mol. The minimum atomic E-state index is 0.113. The second-order valence-electron chi connectivity index (χ2n) is 3.15. The van der Waals surface area contributed by atoms with Crippen LogP contribution >= 0.6 is 0 Å². The minimum Gasteiger partial charge on any atom is -0.348 e. The molecular formula is C10H19N3. The third-order valence-electron chi connectivity index (χ3n) is 1.99. The van der Waals surface area contributed by atoms with E-state index in [0.717, 1.165) is 38.8 Å². The number of rotatable bonds is 6. The molecular weight excluding hydrogens is 162 g/mol. The summed E-state index contributed by atoms with van der Waals surface area (Å²) in [5, 5.41) is 16.0. The van der Waals surface area contributed by atoms with Gasteiger partial charge in [0.25, 0.3) is 0 Å². The van der Waals surface area contributed by atoms with Crippen LogP contribution in [0.2, 0.25) is 0 Å². The average molecular weight is 181 g/mol. The number of nitrogens with zero attached hydrogens (tertiary/aromatic N) is 2. The number of hydrogen-bond donors (Lipinski definition) is 1. The highest BCUT2D eigenvalue weighted by molar-refractivity contribution is 5.93. The van der Waals surface area contributed by atoms with Crippen molar-refractivity contribution in [2.75, 3.05) is 13.1 Å². The van der Waals surface area contributed by atoms with Gasteiger partial charge in [-0.3, -0.25) is 5.41 Å². The van der Waals surface area contributed by atoms with Gasteiger partial charge in [0.15, 0.2) is 0 Å². The maximum atomic E-state index is 8.59. The van der Waals surface area contributed by atoms with Crippen molar-refractivity contribution in [3.63, 3.8) is 0 Å². The Balaban J connectivity index is 3.89. The van der Waals surface area contributed by atoms with E-state index in [9.17, 15) is 0 Å². The largest absolute Gasteiger partial charge is 0.348 e. The molecule has 0 fully saturated rings. The highest BCUT2D eigenvalue weighted by Crippen LogP contribution is 1.99. The van der Waals surface area contributed by atoms with Crippen LogP contribution in [0.4, 0.5) is 0 Å². The van der Waals surface area contributed by atoms with Crippen LogP contribution in [0.3, 0.4) is 0 Å². The van der Waals surface area contributed by atoms with E-state index in [4.69, 9.17) is 10.7 Å². The lowest BCUT2D eigenvalue weighted by molar-refractivity contribution is 0.399. The molecule has 0 aliphatic carbocycles. The van der Waals surface area contributed by atoms with E-state index in [2.05, 4.69) is 13.8 Å². The first-order valence-corrected chi connectivity index (χ1v) is 4.99. The number of nitrogens with one attached hydrogen (secondary N) is 1. The molecule has 0 heterocycles. The van der Waals surface area contributed by atoms with E-state index in [1.165, 1.54) is 0 Å². The first-order chi connectivity index (χ1) is 6.26. The number of hydrogen-bond acceptors (Lipinski definition) is 2. The van der Waals surface area contributed by atoms with Gasteiger partial charge in [0.05, 0.1) is 0 Å². The van der Waals surface area contributed by atoms with Gasteiger partial charge in [-0.2, -0.15) is 5.26 Å². The topological polar surface area (TPSA) is 50.9 Å². The highest BCUT2D eigenvalue weighted by Gasteiger charge is 2.06. The summed E-state index contributed by atoms with van der Waals surface area (Å²) in [5.74, 6) is 0.113. The first-order valence-electron chi connectivity index (χ1n) is 4.99. The first kappa shape index (κ1) is 12.0. The Morgan fingerprint density at radius 2 is 1.69 bits per heavy atom. The van der Waals surface area contributed by atoms with E-state index >= 15 is 0 Å². The SMILES string of the molecule is CCCCN(CCCC)C(=N)C#N. The summed E-state index contributed by atoms with van der Waals surface area (Å²) in [6.07, 6.45) is 4.35. The Morgan fingerprint density at radius 3 is 2.00 bits per heavy atom. The standard InChI is InChI=1S/C10H19N3/c1-3-5-7-13(8-6-4-2)10(12)9-11/h12H,3-8H2,1-2H3. The van der Waals surface area contributed by atoms with Crippen molar-refractivity contribution in [3.05, 3.63) is 0 Å². The normalized spacial score (nSPS) is 9.31. The summed E-state index contributed by atoms with van der Waals surface area (Å²) in [7, 11) is 0. The molecule has 0 radical (unpaired) electrons. The quantitative estimate of drug-likeness (QED) is 0.505. The maximum absolute atomic E-state index is 8.59. The van der Waals surface area contributed by atoms with Crippen molar-refractivity contribution >= 4 is 5.84 Å². The summed E-state index contributed by atoms with van der Waals surface area (Å²) in [4.78, 5) is 1.87.